The zero-order valence-electron chi connectivity index (χ0n) is 14.1. The largest absolute Gasteiger partial charge is 0.463 e. The first-order valence-corrected chi connectivity index (χ1v) is 7.99. The highest BCUT2D eigenvalue weighted by atomic mass is 16.6. The second kappa shape index (κ2) is 6.93. The maximum absolute atomic E-state index is 11.2. The lowest BCUT2D eigenvalue weighted by Gasteiger charge is -2.39. The summed E-state index contributed by atoms with van der Waals surface area (Å²) in [7, 11) is 0. The van der Waals surface area contributed by atoms with Gasteiger partial charge in [-0.25, -0.2) is 0 Å². The fourth-order valence-electron chi connectivity index (χ4n) is 2.88. The van der Waals surface area contributed by atoms with Gasteiger partial charge in [0.25, 0.3) is 0 Å². The van der Waals surface area contributed by atoms with Gasteiger partial charge >= 0.3 is 5.97 Å². The molecule has 0 aromatic rings. The minimum absolute atomic E-state index is 0.159. The molecule has 1 aliphatic rings. The van der Waals surface area contributed by atoms with Crippen LogP contribution in [0.1, 0.15) is 73.6 Å². The molecule has 0 unspecified atom stereocenters. The average molecular weight is 284 g/mol. The Balaban J connectivity index is 2.40. The van der Waals surface area contributed by atoms with E-state index in [2.05, 4.69) is 20.8 Å². The van der Waals surface area contributed by atoms with Crippen LogP contribution in [0.3, 0.4) is 0 Å². The van der Waals surface area contributed by atoms with Crippen molar-refractivity contribution in [2.24, 2.45) is 11.3 Å². The number of hydrogen-bond donors (Lipinski definition) is 0. The second-order valence-electron chi connectivity index (χ2n) is 7.60. The van der Waals surface area contributed by atoms with Crippen LogP contribution in [0.4, 0.5) is 0 Å². The van der Waals surface area contributed by atoms with E-state index in [1.807, 2.05) is 20.8 Å². The normalized spacial score (nSPS) is 21.5. The van der Waals surface area contributed by atoms with E-state index in [9.17, 15) is 4.79 Å². The zero-order valence-corrected chi connectivity index (χ0v) is 14.1. The van der Waals surface area contributed by atoms with Crippen molar-refractivity contribution in [3.63, 3.8) is 0 Å². The number of esters is 1. The molecule has 118 valence electrons. The van der Waals surface area contributed by atoms with Gasteiger partial charge in [0.15, 0.2) is 0 Å². The van der Waals surface area contributed by atoms with Crippen molar-refractivity contribution >= 4 is 5.97 Å². The quantitative estimate of drug-likeness (QED) is 0.681. The van der Waals surface area contributed by atoms with Crippen molar-refractivity contribution in [2.45, 2.75) is 85.4 Å². The molecule has 0 saturated heterocycles. The van der Waals surface area contributed by atoms with Crippen LogP contribution >= 0.6 is 0 Å². The molecule has 1 aliphatic carbocycles. The lowest BCUT2D eigenvalue weighted by Crippen LogP contribution is -2.39. The van der Waals surface area contributed by atoms with Crippen molar-refractivity contribution in [3.8, 4) is 0 Å². The summed E-state index contributed by atoms with van der Waals surface area (Å²) in [5.41, 5.74) is 0.0829. The summed E-state index contributed by atoms with van der Waals surface area (Å²) in [4.78, 5) is 11.2. The molecule has 0 radical (unpaired) electrons. The van der Waals surface area contributed by atoms with E-state index in [0.717, 1.165) is 0 Å². The molecular formula is C17H32O3. The minimum atomic E-state index is -0.406. The van der Waals surface area contributed by atoms with Gasteiger partial charge in [0.05, 0.1) is 11.7 Å². The highest BCUT2D eigenvalue weighted by Crippen LogP contribution is 2.40. The molecule has 0 aromatic heterocycles. The molecule has 0 spiro atoms. The Bertz CT molecular complexity index is 310. The summed E-state index contributed by atoms with van der Waals surface area (Å²) in [6.45, 7) is 13.0. The first-order chi connectivity index (χ1) is 9.15. The molecule has 3 nitrogen and oxygen atoms in total. The number of ether oxygens (including phenoxy) is 2. The van der Waals surface area contributed by atoms with Crippen molar-refractivity contribution in [1.82, 2.24) is 0 Å². The lowest BCUT2D eigenvalue weighted by molar-refractivity contribution is -0.161. The van der Waals surface area contributed by atoms with E-state index < -0.39 is 5.60 Å². The Morgan fingerprint density at radius 3 is 2.35 bits per heavy atom. The molecule has 3 heteroatoms. The Kier molecular flexibility index (Phi) is 6.06. The Hall–Kier alpha value is -0.570. The third kappa shape index (κ3) is 5.82. The fraction of sp³-hybridized carbons (Fsp3) is 0.941. The van der Waals surface area contributed by atoms with Crippen LogP contribution in [0.25, 0.3) is 0 Å². The van der Waals surface area contributed by atoms with Crippen molar-refractivity contribution in [3.05, 3.63) is 0 Å². The molecular weight excluding hydrogens is 252 g/mol. The molecule has 0 amide bonds. The van der Waals surface area contributed by atoms with E-state index >= 15 is 0 Å². The van der Waals surface area contributed by atoms with Crippen LogP contribution in [0, 0.1) is 11.3 Å². The second-order valence-corrected chi connectivity index (χ2v) is 7.60. The molecule has 0 aromatic carbocycles. The molecule has 1 fully saturated rings. The first kappa shape index (κ1) is 17.5. The van der Waals surface area contributed by atoms with Gasteiger partial charge in [0.2, 0.25) is 0 Å². The van der Waals surface area contributed by atoms with E-state index in [4.69, 9.17) is 9.47 Å². The maximum Gasteiger partial charge on any atom is 0.305 e. The monoisotopic (exact) mass is 284 g/mol. The van der Waals surface area contributed by atoms with Crippen molar-refractivity contribution < 1.29 is 14.3 Å². The van der Waals surface area contributed by atoms with Gasteiger partial charge < -0.3 is 9.47 Å². The smallest absolute Gasteiger partial charge is 0.305 e. The van der Waals surface area contributed by atoms with E-state index in [1.165, 1.54) is 25.7 Å². The van der Waals surface area contributed by atoms with Crippen LogP contribution in [-0.2, 0) is 14.3 Å². The summed E-state index contributed by atoms with van der Waals surface area (Å²) in [5, 5.41) is 0. The highest BCUT2D eigenvalue weighted by molar-refractivity contribution is 5.68. The van der Waals surface area contributed by atoms with Crippen LogP contribution in [0.5, 0.6) is 0 Å². The third-order valence-corrected chi connectivity index (χ3v) is 4.42. The van der Waals surface area contributed by atoms with Gasteiger partial charge in [0.1, 0.15) is 6.61 Å². The number of rotatable bonds is 6. The van der Waals surface area contributed by atoms with Gasteiger partial charge in [-0.2, -0.15) is 0 Å². The average Bonchev–Trinajstić information content (AvgIpc) is 2.35. The molecule has 1 saturated carbocycles. The third-order valence-electron chi connectivity index (χ3n) is 4.42. The summed E-state index contributed by atoms with van der Waals surface area (Å²) in [6.07, 6.45) is 5.66. The van der Waals surface area contributed by atoms with Crippen LogP contribution in [0.2, 0.25) is 0 Å². The lowest BCUT2D eigenvalue weighted by atomic mass is 9.72. The first-order valence-electron chi connectivity index (χ1n) is 7.99. The number of carbonyl (C=O) groups excluding carboxylic acids is 1. The van der Waals surface area contributed by atoms with Gasteiger partial charge in [-0.15, -0.1) is 0 Å². The van der Waals surface area contributed by atoms with Crippen LogP contribution in [-0.4, -0.2) is 24.3 Å². The summed E-state index contributed by atoms with van der Waals surface area (Å²) < 4.78 is 11.4. The summed E-state index contributed by atoms with van der Waals surface area (Å²) in [6, 6.07) is 0. The molecule has 1 rings (SSSR count). The molecule has 20 heavy (non-hydrogen) atoms. The predicted molar refractivity (Wildman–Crippen MR) is 81.6 cm³/mol. The molecule has 0 heterocycles. The summed E-state index contributed by atoms with van der Waals surface area (Å²) in [5.74, 6) is 0.470. The molecule has 0 N–H and O–H groups in total. The van der Waals surface area contributed by atoms with E-state index in [-0.39, 0.29) is 12.1 Å². The number of carbonyl (C=O) groups is 1. The van der Waals surface area contributed by atoms with E-state index in [0.29, 0.717) is 24.4 Å². The zero-order chi connectivity index (χ0) is 15.4. The van der Waals surface area contributed by atoms with Gasteiger partial charge in [-0.1, -0.05) is 20.8 Å². The Labute approximate surface area is 124 Å². The Morgan fingerprint density at radius 1 is 1.30 bits per heavy atom. The molecule has 0 bridgehead atoms. The van der Waals surface area contributed by atoms with Gasteiger partial charge in [-0.05, 0) is 57.8 Å². The molecule has 1 atom stereocenters. The van der Waals surface area contributed by atoms with Crippen LogP contribution in [0.15, 0.2) is 0 Å². The molecule has 0 aliphatic heterocycles. The van der Waals surface area contributed by atoms with Crippen molar-refractivity contribution in [2.75, 3.05) is 6.61 Å². The standard InChI is InChI=1S/C17H32O3/c1-7-15(18)19-12-17(5,6)20-13(2)14-8-10-16(3,4)11-9-14/h13-14H,7-12H2,1-6H3/t13-/m0/s1. The number of hydrogen-bond acceptors (Lipinski definition) is 3. The topological polar surface area (TPSA) is 35.5 Å². The van der Waals surface area contributed by atoms with Crippen LogP contribution < -0.4 is 0 Å². The van der Waals surface area contributed by atoms with E-state index in [1.54, 1.807) is 0 Å². The van der Waals surface area contributed by atoms with Gasteiger partial charge in [0, 0.05) is 6.42 Å². The maximum atomic E-state index is 11.2. The fourth-order valence-corrected chi connectivity index (χ4v) is 2.88. The minimum Gasteiger partial charge on any atom is -0.463 e. The van der Waals surface area contributed by atoms with Gasteiger partial charge in [-0.3, -0.25) is 4.79 Å². The summed E-state index contributed by atoms with van der Waals surface area (Å²) >= 11 is 0. The Morgan fingerprint density at radius 2 is 1.85 bits per heavy atom. The SMILES string of the molecule is CCC(=O)OCC(C)(C)O[C@@H](C)C1CCC(C)(C)CC1. The van der Waals surface area contributed by atoms with Crippen molar-refractivity contribution in [1.29, 1.82) is 0 Å². The predicted octanol–water partition coefficient (Wildman–Crippen LogP) is 4.34. The highest BCUT2D eigenvalue weighted by Gasteiger charge is 2.33.